The number of anilines is 2. The molecule has 6 heteroatoms. The number of ether oxygens (including phenoxy) is 1. The van der Waals surface area contributed by atoms with Gasteiger partial charge in [-0.05, 0) is 25.1 Å². The van der Waals surface area contributed by atoms with Crippen LogP contribution in [0.5, 0.6) is 11.5 Å². The van der Waals surface area contributed by atoms with E-state index in [4.69, 9.17) is 4.74 Å². The molecular weight excluding hydrogens is 298 g/mol. The highest BCUT2D eigenvalue weighted by Crippen LogP contribution is 2.27. The van der Waals surface area contributed by atoms with Crippen LogP contribution in [0, 0.1) is 6.92 Å². The molecule has 0 fully saturated rings. The van der Waals surface area contributed by atoms with Gasteiger partial charge >= 0.3 is 0 Å². The number of nitrogens with one attached hydrogen (secondary N) is 1. The van der Waals surface area contributed by atoms with Crippen molar-refractivity contribution >= 4 is 28.6 Å². The summed E-state index contributed by atoms with van der Waals surface area (Å²) in [6, 6.07) is 10.6. The fourth-order valence-corrected chi connectivity index (χ4v) is 2.56. The van der Waals surface area contributed by atoms with E-state index in [-0.39, 0.29) is 0 Å². The maximum atomic E-state index is 11.0. The predicted molar refractivity (Wildman–Crippen MR) is 86.3 cm³/mol. The largest absolute Gasteiger partial charge is 0.456 e. The Hall–Kier alpha value is -2.73. The van der Waals surface area contributed by atoms with Gasteiger partial charge in [0.05, 0.1) is 11.3 Å². The first kappa shape index (κ1) is 14.2. The van der Waals surface area contributed by atoms with Crippen molar-refractivity contribution in [3.8, 4) is 11.5 Å². The molecule has 0 amide bonds. The third-order valence-corrected chi connectivity index (χ3v) is 3.73. The van der Waals surface area contributed by atoms with Gasteiger partial charge in [-0.3, -0.25) is 4.79 Å². The summed E-state index contributed by atoms with van der Waals surface area (Å²) >= 11 is 1.51. The molecule has 0 spiro atoms. The minimum atomic E-state index is 0.504. The molecule has 0 radical (unpaired) electrons. The second-order valence-electron chi connectivity index (χ2n) is 4.55. The van der Waals surface area contributed by atoms with Gasteiger partial charge in [0.2, 0.25) is 0 Å². The molecule has 0 atom stereocenters. The van der Waals surface area contributed by atoms with E-state index in [2.05, 4.69) is 15.3 Å². The van der Waals surface area contributed by atoms with Crippen molar-refractivity contribution < 1.29 is 9.53 Å². The Bertz CT molecular complexity index is 801. The number of rotatable bonds is 5. The fourth-order valence-electron chi connectivity index (χ4n) is 1.86. The molecule has 5 nitrogen and oxygen atoms in total. The zero-order valence-electron chi connectivity index (χ0n) is 11.8. The summed E-state index contributed by atoms with van der Waals surface area (Å²) in [5.41, 5.74) is 1.46. The summed E-state index contributed by atoms with van der Waals surface area (Å²) in [5.74, 6) is 1.75. The highest BCUT2D eigenvalue weighted by molar-refractivity contribution is 7.13. The van der Waals surface area contributed by atoms with E-state index < -0.39 is 0 Å². The summed E-state index contributed by atoms with van der Waals surface area (Å²) < 4.78 is 5.76. The molecule has 0 saturated heterocycles. The number of thiazole rings is 1. The van der Waals surface area contributed by atoms with Gasteiger partial charge in [0.25, 0.3) is 0 Å². The summed E-state index contributed by atoms with van der Waals surface area (Å²) in [7, 11) is 0. The molecule has 0 unspecified atom stereocenters. The Morgan fingerprint density at radius 3 is 2.91 bits per heavy atom. The van der Waals surface area contributed by atoms with E-state index in [1.807, 2.05) is 18.4 Å². The van der Waals surface area contributed by atoms with Crippen LogP contribution < -0.4 is 10.1 Å². The van der Waals surface area contributed by atoms with Crippen molar-refractivity contribution in [3.63, 3.8) is 0 Å². The van der Waals surface area contributed by atoms with E-state index in [0.717, 1.165) is 17.1 Å². The minimum Gasteiger partial charge on any atom is -0.456 e. The lowest BCUT2D eigenvalue weighted by atomic mass is 10.2. The maximum Gasteiger partial charge on any atom is 0.188 e. The number of carbonyl (C=O) groups is 1. The van der Waals surface area contributed by atoms with Gasteiger partial charge in [0.1, 0.15) is 17.3 Å². The van der Waals surface area contributed by atoms with E-state index in [9.17, 15) is 4.79 Å². The highest BCUT2D eigenvalue weighted by Gasteiger charge is 2.06. The molecule has 2 heterocycles. The average Bonchev–Trinajstić information content (AvgIpc) is 2.93. The third kappa shape index (κ3) is 3.29. The molecule has 0 saturated carbocycles. The number of para-hydroxylation sites is 1. The molecule has 0 aliphatic carbocycles. The Morgan fingerprint density at radius 2 is 2.14 bits per heavy atom. The van der Waals surface area contributed by atoms with E-state index >= 15 is 0 Å². The number of hydrogen-bond acceptors (Lipinski definition) is 6. The van der Waals surface area contributed by atoms with Gasteiger partial charge in [0.15, 0.2) is 11.4 Å². The second kappa shape index (κ2) is 6.36. The van der Waals surface area contributed by atoms with Crippen molar-refractivity contribution in [1.82, 2.24) is 9.97 Å². The van der Waals surface area contributed by atoms with Gasteiger partial charge in [-0.1, -0.05) is 12.1 Å². The number of aryl methyl sites for hydroxylation is 1. The highest BCUT2D eigenvalue weighted by atomic mass is 32.1. The predicted octanol–water partition coefficient (Wildman–Crippen LogP) is 4.19. The quantitative estimate of drug-likeness (QED) is 0.716. The standard InChI is InChI=1S/C16H13N3O2S/c1-11-10-22-16(18-11)19-15-8-13(6-7-17-15)21-14-5-3-2-4-12(14)9-20/h2-10H,1H3,(H,17,18,19). The third-order valence-electron chi connectivity index (χ3n) is 2.86. The van der Waals surface area contributed by atoms with Crippen LogP contribution in [0.2, 0.25) is 0 Å². The molecule has 0 aliphatic rings. The molecule has 22 heavy (non-hydrogen) atoms. The van der Waals surface area contributed by atoms with Crippen molar-refractivity contribution in [2.24, 2.45) is 0 Å². The molecule has 2 aromatic heterocycles. The zero-order valence-corrected chi connectivity index (χ0v) is 12.6. The molecule has 1 aromatic carbocycles. The smallest absolute Gasteiger partial charge is 0.188 e. The van der Waals surface area contributed by atoms with Gasteiger partial charge in [-0.25, -0.2) is 9.97 Å². The van der Waals surface area contributed by atoms with Gasteiger partial charge in [0, 0.05) is 17.6 Å². The lowest BCUT2D eigenvalue weighted by Crippen LogP contribution is -1.95. The Balaban J connectivity index is 1.80. The number of aldehydes is 1. The van der Waals surface area contributed by atoms with Gasteiger partial charge in [-0.2, -0.15) is 0 Å². The van der Waals surface area contributed by atoms with Gasteiger partial charge < -0.3 is 10.1 Å². The number of carbonyl (C=O) groups excluding carboxylic acids is 1. The Kier molecular flexibility index (Phi) is 4.11. The van der Waals surface area contributed by atoms with Crippen LogP contribution in [-0.4, -0.2) is 16.3 Å². The first-order valence-corrected chi connectivity index (χ1v) is 7.50. The molecule has 0 aliphatic heterocycles. The Morgan fingerprint density at radius 1 is 1.27 bits per heavy atom. The summed E-state index contributed by atoms with van der Waals surface area (Å²) in [6.45, 7) is 1.94. The lowest BCUT2D eigenvalue weighted by molar-refractivity contribution is 0.112. The summed E-state index contributed by atoms with van der Waals surface area (Å²) in [4.78, 5) is 19.6. The first-order chi connectivity index (χ1) is 10.7. The Labute approximate surface area is 131 Å². The normalized spacial score (nSPS) is 10.2. The van der Waals surface area contributed by atoms with Crippen LogP contribution in [0.3, 0.4) is 0 Å². The molecule has 1 N–H and O–H groups in total. The minimum absolute atomic E-state index is 0.504. The van der Waals surface area contributed by atoms with Crippen LogP contribution in [0.25, 0.3) is 0 Å². The van der Waals surface area contributed by atoms with Crippen LogP contribution >= 0.6 is 11.3 Å². The molecule has 110 valence electrons. The first-order valence-electron chi connectivity index (χ1n) is 6.62. The molecule has 3 rings (SSSR count). The number of nitrogens with zero attached hydrogens (tertiary/aromatic N) is 2. The lowest BCUT2D eigenvalue weighted by Gasteiger charge is -2.09. The van der Waals surface area contributed by atoms with E-state index in [1.165, 1.54) is 11.3 Å². The zero-order chi connectivity index (χ0) is 15.4. The van der Waals surface area contributed by atoms with Crippen molar-refractivity contribution in [2.45, 2.75) is 6.92 Å². The van der Waals surface area contributed by atoms with Crippen LogP contribution in [0.15, 0.2) is 48.0 Å². The van der Waals surface area contributed by atoms with Crippen LogP contribution in [0.1, 0.15) is 16.1 Å². The number of benzene rings is 1. The SMILES string of the molecule is Cc1csc(Nc2cc(Oc3ccccc3C=O)ccn2)n1. The second-order valence-corrected chi connectivity index (χ2v) is 5.41. The molecule has 3 aromatic rings. The average molecular weight is 311 g/mol. The van der Waals surface area contributed by atoms with Gasteiger partial charge in [-0.15, -0.1) is 11.3 Å². The fraction of sp³-hybridized carbons (Fsp3) is 0.0625. The van der Waals surface area contributed by atoms with E-state index in [1.54, 1.807) is 36.5 Å². The number of hydrogen-bond donors (Lipinski definition) is 1. The van der Waals surface area contributed by atoms with E-state index in [0.29, 0.717) is 22.9 Å². The van der Waals surface area contributed by atoms with Crippen LogP contribution in [-0.2, 0) is 0 Å². The topological polar surface area (TPSA) is 64.1 Å². The van der Waals surface area contributed by atoms with Crippen molar-refractivity contribution in [2.75, 3.05) is 5.32 Å². The molecule has 0 bridgehead atoms. The molecular formula is C16H13N3O2S. The van der Waals surface area contributed by atoms with Crippen LogP contribution in [0.4, 0.5) is 10.9 Å². The van der Waals surface area contributed by atoms with Crippen molar-refractivity contribution in [3.05, 3.63) is 59.2 Å². The maximum absolute atomic E-state index is 11.0. The number of aromatic nitrogens is 2. The summed E-state index contributed by atoms with van der Waals surface area (Å²) in [6.07, 6.45) is 2.41. The van der Waals surface area contributed by atoms with Crippen molar-refractivity contribution in [1.29, 1.82) is 0 Å². The monoisotopic (exact) mass is 311 g/mol. The number of pyridine rings is 1. The summed E-state index contributed by atoms with van der Waals surface area (Å²) in [5, 5.41) is 5.86.